The molecule has 117 valence electrons. The standard InChI is InChI=1S/C5H5.3C3H8N.FGeH2.Zr/c1-2-4-5-3-1;3*1-2-3-4;1-2;/h1-3H,4H2;3*4H,2-3H2,1H3;2H2;/q4*-1;;+4. The van der Waals surface area contributed by atoms with Crippen LogP contribution in [-0.2, 0) is 26.2 Å². The molecule has 0 aliphatic heterocycles. The molecule has 0 aromatic carbocycles. The van der Waals surface area contributed by atoms with Crippen molar-refractivity contribution in [2.45, 2.75) is 46.5 Å². The van der Waals surface area contributed by atoms with Gasteiger partial charge in [0.15, 0.2) is 0 Å². The Hall–Kier alpha value is 0.716. The molecule has 0 heterocycles. The SMILES string of the molecule is CCC[NH-].CCC[NH-].CCC[NH-].[C-]1=CC=CC1.[F][GeH2].[Zr+4]. The maximum Gasteiger partial charge on any atom is 4.00 e. The summed E-state index contributed by atoms with van der Waals surface area (Å²) in [6, 6.07) is 0. The topological polar surface area (TPSA) is 71.4 Å². The minimum atomic E-state index is -0.125. The normalized spacial score (nSPS) is 9.20. The minimum Gasteiger partial charge on any atom is 4.00 e. The predicted molar refractivity (Wildman–Crippen MR) is 89.7 cm³/mol. The molecular formula is C14H31FGeN3Zr. The molecule has 0 saturated carbocycles. The van der Waals surface area contributed by atoms with Crippen LogP contribution in [0, 0.1) is 6.08 Å². The van der Waals surface area contributed by atoms with Gasteiger partial charge in [-0.15, -0.1) is 6.42 Å². The molecule has 3 N–H and O–H groups in total. The number of halogens is 1. The van der Waals surface area contributed by atoms with Gasteiger partial charge in [-0.05, 0) is 0 Å². The summed E-state index contributed by atoms with van der Waals surface area (Å²) in [6.07, 6.45) is 13.0. The van der Waals surface area contributed by atoms with Crippen LogP contribution in [0.5, 0.6) is 0 Å². The number of rotatable bonds is 3. The van der Waals surface area contributed by atoms with Gasteiger partial charge in [-0.1, -0.05) is 40.0 Å². The molecule has 0 atom stereocenters. The molecule has 0 fully saturated rings. The van der Waals surface area contributed by atoms with Crippen LogP contribution in [0.15, 0.2) is 18.2 Å². The van der Waals surface area contributed by atoms with Gasteiger partial charge < -0.3 is 17.2 Å². The van der Waals surface area contributed by atoms with Crippen molar-refractivity contribution >= 4 is 17.0 Å². The van der Waals surface area contributed by atoms with Crippen molar-refractivity contribution in [2.75, 3.05) is 19.6 Å². The minimum absolute atomic E-state index is 0. The third-order valence-electron chi connectivity index (χ3n) is 1.34. The smallest absolute Gasteiger partial charge is 4.00 e. The third kappa shape index (κ3) is 77.3. The van der Waals surface area contributed by atoms with Gasteiger partial charge in [-0.2, -0.15) is 25.7 Å². The van der Waals surface area contributed by atoms with Crippen molar-refractivity contribution < 1.29 is 29.7 Å². The fourth-order valence-corrected chi connectivity index (χ4v) is 0.340. The maximum absolute atomic E-state index is 9.62. The third-order valence-corrected chi connectivity index (χ3v) is 1.34. The van der Waals surface area contributed by atoms with Crippen LogP contribution in [0.4, 0.5) is 3.50 Å². The summed E-state index contributed by atoms with van der Waals surface area (Å²) in [5.74, 6) is 0. The van der Waals surface area contributed by atoms with E-state index in [1.54, 1.807) is 0 Å². The fourth-order valence-electron chi connectivity index (χ4n) is 0.340. The molecule has 0 aromatic heterocycles. The quantitative estimate of drug-likeness (QED) is 0.444. The van der Waals surface area contributed by atoms with E-state index in [1.807, 2.05) is 32.9 Å². The molecular weight excluding hydrogens is 393 g/mol. The second-order valence-electron chi connectivity index (χ2n) is 3.25. The van der Waals surface area contributed by atoms with Crippen molar-refractivity contribution in [2.24, 2.45) is 0 Å². The van der Waals surface area contributed by atoms with E-state index in [-0.39, 0.29) is 43.2 Å². The van der Waals surface area contributed by atoms with Gasteiger partial charge >= 0.3 is 46.7 Å². The summed E-state index contributed by atoms with van der Waals surface area (Å²) < 4.78 is 9.62. The molecule has 20 heavy (non-hydrogen) atoms. The largest absolute Gasteiger partial charge is 4.00 e. The molecule has 1 rings (SSSR count). The Morgan fingerprint density at radius 3 is 1.30 bits per heavy atom. The van der Waals surface area contributed by atoms with Crippen LogP contribution >= 0.6 is 0 Å². The Labute approximate surface area is 153 Å². The molecule has 0 spiro atoms. The Bertz CT molecular complexity index is 134. The van der Waals surface area contributed by atoms with Crippen molar-refractivity contribution in [3.63, 3.8) is 0 Å². The summed E-state index contributed by atoms with van der Waals surface area (Å²) >= 11 is -0.125. The van der Waals surface area contributed by atoms with Crippen molar-refractivity contribution in [3.8, 4) is 0 Å². The average Bonchev–Trinajstić information content (AvgIpc) is 3.09. The molecule has 0 unspecified atom stereocenters. The molecule has 1 radical (unpaired) electrons. The number of hydrogen-bond acceptors (Lipinski definition) is 0. The van der Waals surface area contributed by atoms with Crippen molar-refractivity contribution in [1.29, 1.82) is 0 Å². The molecule has 3 nitrogen and oxygen atoms in total. The van der Waals surface area contributed by atoms with Gasteiger partial charge in [-0.25, -0.2) is 12.2 Å². The van der Waals surface area contributed by atoms with Crippen molar-refractivity contribution in [3.05, 3.63) is 41.5 Å². The first-order chi connectivity index (χ1) is 9.24. The van der Waals surface area contributed by atoms with Gasteiger partial charge in [0.2, 0.25) is 0 Å². The van der Waals surface area contributed by atoms with Gasteiger partial charge in [0, 0.05) is 0 Å². The summed E-state index contributed by atoms with van der Waals surface area (Å²) in [4.78, 5) is 0. The van der Waals surface area contributed by atoms with Crippen LogP contribution < -0.4 is 0 Å². The fraction of sp³-hybridized carbons (Fsp3) is 0.714. The first-order valence-corrected chi connectivity index (χ1v) is 7.79. The molecule has 6 heteroatoms. The maximum atomic E-state index is 9.62. The monoisotopic (exact) mass is 424 g/mol. The van der Waals surface area contributed by atoms with Gasteiger partial charge in [0.05, 0.1) is 0 Å². The van der Waals surface area contributed by atoms with Crippen LogP contribution in [0.25, 0.3) is 17.2 Å². The van der Waals surface area contributed by atoms with Crippen LogP contribution in [-0.4, -0.2) is 36.6 Å². The first-order valence-electron chi connectivity index (χ1n) is 6.67. The van der Waals surface area contributed by atoms with Crippen LogP contribution in [0.1, 0.15) is 46.5 Å². The summed E-state index contributed by atoms with van der Waals surface area (Å²) in [6.45, 7) is 7.69. The van der Waals surface area contributed by atoms with Gasteiger partial charge in [-0.3, -0.25) is 6.08 Å². The van der Waals surface area contributed by atoms with Crippen molar-refractivity contribution in [1.82, 2.24) is 0 Å². The van der Waals surface area contributed by atoms with E-state index in [9.17, 15) is 3.50 Å². The van der Waals surface area contributed by atoms with E-state index in [0.717, 1.165) is 25.7 Å². The number of allylic oxidation sites excluding steroid dienone is 4. The predicted octanol–water partition coefficient (Wildman–Crippen LogP) is 5.15. The van der Waals surface area contributed by atoms with E-state index in [2.05, 4.69) is 12.2 Å². The average molecular weight is 424 g/mol. The van der Waals surface area contributed by atoms with Gasteiger partial charge in [0.1, 0.15) is 0 Å². The van der Waals surface area contributed by atoms with Crippen LogP contribution in [0.3, 0.4) is 0 Å². The zero-order valence-corrected chi connectivity index (χ0v) is 18.7. The number of nitrogens with one attached hydrogen (secondary N) is 3. The van der Waals surface area contributed by atoms with Crippen LogP contribution in [0.2, 0.25) is 0 Å². The second-order valence-corrected chi connectivity index (χ2v) is 3.25. The van der Waals surface area contributed by atoms with E-state index >= 15 is 0 Å². The van der Waals surface area contributed by atoms with E-state index < -0.39 is 0 Å². The summed E-state index contributed by atoms with van der Waals surface area (Å²) in [7, 11) is 0. The zero-order valence-electron chi connectivity index (χ0n) is 13.3. The molecule has 1 aliphatic rings. The molecule has 0 aromatic rings. The Balaban J connectivity index is -0.0000000476. The molecule has 1 aliphatic carbocycles. The Morgan fingerprint density at radius 1 is 0.950 bits per heavy atom. The number of hydrogen-bond donors (Lipinski definition) is 0. The van der Waals surface area contributed by atoms with Gasteiger partial charge in [0.25, 0.3) is 0 Å². The second kappa shape index (κ2) is 50.3. The van der Waals surface area contributed by atoms with E-state index in [0.29, 0.717) is 19.6 Å². The summed E-state index contributed by atoms with van der Waals surface area (Å²) in [5.41, 5.74) is 19.4. The molecule has 0 saturated heterocycles. The first kappa shape index (κ1) is 32.6. The summed E-state index contributed by atoms with van der Waals surface area (Å²) in [5, 5.41) is 0. The Morgan fingerprint density at radius 2 is 1.25 bits per heavy atom. The molecule has 0 bridgehead atoms. The van der Waals surface area contributed by atoms with E-state index in [1.165, 1.54) is 0 Å². The van der Waals surface area contributed by atoms with E-state index in [4.69, 9.17) is 17.2 Å². The molecule has 0 amide bonds. The zero-order chi connectivity index (χ0) is 15.8. The Kier molecular flexibility index (Phi) is 82.0.